The number of nitrogen functional groups attached to an aromatic ring is 1. The maximum absolute atomic E-state index is 5.65. The fraction of sp³-hybridized carbons (Fsp3) is 0.231. The number of benzene rings is 1. The van der Waals surface area contributed by atoms with Crippen molar-refractivity contribution in [3.8, 4) is 11.5 Å². The second-order valence-electron chi connectivity index (χ2n) is 4.04. The highest BCUT2D eigenvalue weighted by Crippen LogP contribution is 2.36. The molecule has 1 aliphatic rings. The summed E-state index contributed by atoms with van der Waals surface area (Å²) in [6.45, 7) is 1.38. The van der Waals surface area contributed by atoms with Gasteiger partial charge in [0, 0.05) is 17.4 Å². The fourth-order valence-corrected chi connectivity index (χ4v) is 2.56. The fourth-order valence-electron chi connectivity index (χ4n) is 1.74. The molecule has 0 radical (unpaired) electrons. The van der Waals surface area contributed by atoms with Gasteiger partial charge in [0.1, 0.15) is 17.2 Å². The van der Waals surface area contributed by atoms with E-state index < -0.39 is 0 Å². The van der Waals surface area contributed by atoms with Gasteiger partial charge in [-0.1, -0.05) is 11.8 Å². The van der Waals surface area contributed by atoms with Gasteiger partial charge in [0.05, 0.1) is 13.2 Å². The SMILES string of the molecule is Nc1cc(Sc2ccc3c(c2)OCCCO3)ncn1. The molecule has 6 heteroatoms. The van der Waals surface area contributed by atoms with E-state index in [4.69, 9.17) is 15.2 Å². The first-order valence-corrected chi connectivity index (χ1v) is 6.78. The highest BCUT2D eigenvalue weighted by Gasteiger charge is 2.11. The Balaban J connectivity index is 1.84. The molecule has 1 aromatic carbocycles. The first-order valence-electron chi connectivity index (χ1n) is 5.96. The number of fused-ring (bicyclic) bond motifs is 1. The number of aromatic nitrogens is 2. The second-order valence-corrected chi connectivity index (χ2v) is 5.14. The summed E-state index contributed by atoms with van der Waals surface area (Å²) >= 11 is 1.51. The van der Waals surface area contributed by atoms with Crippen molar-refractivity contribution in [1.29, 1.82) is 0 Å². The molecule has 0 saturated carbocycles. The lowest BCUT2D eigenvalue weighted by atomic mass is 10.3. The topological polar surface area (TPSA) is 70.3 Å². The molecule has 3 rings (SSSR count). The van der Waals surface area contributed by atoms with Gasteiger partial charge >= 0.3 is 0 Å². The van der Waals surface area contributed by atoms with Gasteiger partial charge < -0.3 is 15.2 Å². The van der Waals surface area contributed by atoms with Crippen LogP contribution >= 0.6 is 11.8 Å². The van der Waals surface area contributed by atoms with Gasteiger partial charge in [-0.05, 0) is 18.2 Å². The van der Waals surface area contributed by atoms with E-state index >= 15 is 0 Å². The van der Waals surface area contributed by atoms with Crippen molar-refractivity contribution in [1.82, 2.24) is 9.97 Å². The molecule has 0 unspecified atom stereocenters. The third kappa shape index (κ3) is 2.90. The highest BCUT2D eigenvalue weighted by atomic mass is 32.2. The molecule has 0 spiro atoms. The number of nitrogens with two attached hydrogens (primary N) is 1. The highest BCUT2D eigenvalue weighted by molar-refractivity contribution is 7.99. The number of anilines is 1. The summed E-state index contributed by atoms with van der Waals surface area (Å²) in [6.07, 6.45) is 2.36. The van der Waals surface area contributed by atoms with Crippen LogP contribution in [0.4, 0.5) is 5.82 Å². The molecule has 2 aromatic rings. The maximum Gasteiger partial charge on any atom is 0.162 e. The Morgan fingerprint density at radius 2 is 1.89 bits per heavy atom. The van der Waals surface area contributed by atoms with Crippen molar-refractivity contribution in [3.05, 3.63) is 30.6 Å². The molecule has 2 heterocycles. The average molecular weight is 275 g/mol. The van der Waals surface area contributed by atoms with E-state index in [1.54, 1.807) is 6.07 Å². The van der Waals surface area contributed by atoms with Crippen LogP contribution in [0.3, 0.4) is 0 Å². The Kier molecular flexibility index (Phi) is 3.41. The smallest absolute Gasteiger partial charge is 0.162 e. The lowest BCUT2D eigenvalue weighted by molar-refractivity contribution is 0.297. The molecule has 0 aliphatic carbocycles. The van der Waals surface area contributed by atoms with Crippen LogP contribution in [0.25, 0.3) is 0 Å². The van der Waals surface area contributed by atoms with Crippen LogP contribution in [-0.2, 0) is 0 Å². The lowest BCUT2D eigenvalue weighted by Crippen LogP contribution is -1.97. The lowest BCUT2D eigenvalue weighted by Gasteiger charge is -2.08. The normalized spacial score (nSPS) is 13.9. The molecule has 0 amide bonds. The van der Waals surface area contributed by atoms with E-state index in [1.807, 2.05) is 18.2 Å². The Morgan fingerprint density at radius 3 is 2.74 bits per heavy atom. The van der Waals surface area contributed by atoms with Gasteiger partial charge in [-0.2, -0.15) is 0 Å². The van der Waals surface area contributed by atoms with E-state index in [1.165, 1.54) is 18.1 Å². The van der Waals surface area contributed by atoms with Gasteiger partial charge in [-0.3, -0.25) is 0 Å². The van der Waals surface area contributed by atoms with Crippen LogP contribution in [-0.4, -0.2) is 23.2 Å². The standard InChI is InChI=1S/C13H13N3O2S/c14-12-7-13(16-8-15-12)19-9-2-3-10-11(6-9)18-5-1-4-17-10/h2-3,6-8H,1,4-5H2,(H2,14,15,16). The van der Waals surface area contributed by atoms with E-state index in [0.29, 0.717) is 19.0 Å². The van der Waals surface area contributed by atoms with Crippen molar-refractivity contribution < 1.29 is 9.47 Å². The van der Waals surface area contributed by atoms with Crippen molar-refractivity contribution in [2.24, 2.45) is 0 Å². The number of nitrogens with zero attached hydrogens (tertiary/aromatic N) is 2. The Morgan fingerprint density at radius 1 is 1.05 bits per heavy atom. The maximum atomic E-state index is 5.65. The predicted molar refractivity (Wildman–Crippen MR) is 72.6 cm³/mol. The molecular formula is C13H13N3O2S. The molecule has 5 nitrogen and oxygen atoms in total. The molecule has 0 bridgehead atoms. The first kappa shape index (κ1) is 12.1. The molecule has 1 aromatic heterocycles. The third-order valence-electron chi connectivity index (χ3n) is 2.60. The van der Waals surface area contributed by atoms with Gasteiger partial charge in [-0.15, -0.1) is 0 Å². The predicted octanol–water partition coefficient (Wildman–Crippen LogP) is 2.37. The Labute approximate surface area is 115 Å². The monoisotopic (exact) mass is 275 g/mol. The summed E-state index contributed by atoms with van der Waals surface area (Å²) in [6, 6.07) is 7.61. The Bertz CT molecular complexity index is 592. The zero-order chi connectivity index (χ0) is 13.1. The minimum atomic E-state index is 0.465. The number of hydrogen-bond donors (Lipinski definition) is 1. The summed E-state index contributed by atoms with van der Waals surface area (Å²) in [5.41, 5.74) is 5.63. The summed E-state index contributed by atoms with van der Waals surface area (Å²) in [5.74, 6) is 2.04. The first-order chi connectivity index (χ1) is 9.31. The van der Waals surface area contributed by atoms with Crippen LogP contribution in [0, 0.1) is 0 Å². The molecule has 1 aliphatic heterocycles. The molecule has 98 valence electrons. The zero-order valence-corrected chi connectivity index (χ0v) is 11.0. The van der Waals surface area contributed by atoms with Gasteiger partial charge in [0.25, 0.3) is 0 Å². The summed E-state index contributed by atoms with van der Waals surface area (Å²) in [5, 5.41) is 0.807. The van der Waals surface area contributed by atoms with Crippen LogP contribution in [0.1, 0.15) is 6.42 Å². The number of ether oxygens (including phenoxy) is 2. The van der Waals surface area contributed by atoms with Crippen molar-refractivity contribution in [2.45, 2.75) is 16.3 Å². The van der Waals surface area contributed by atoms with E-state index in [-0.39, 0.29) is 0 Å². The van der Waals surface area contributed by atoms with Crippen LogP contribution in [0.2, 0.25) is 0 Å². The molecule has 0 saturated heterocycles. The Hall–Kier alpha value is -1.95. The van der Waals surface area contributed by atoms with Crippen LogP contribution in [0.5, 0.6) is 11.5 Å². The molecule has 0 fully saturated rings. The molecule has 2 N–H and O–H groups in total. The summed E-state index contributed by atoms with van der Waals surface area (Å²) in [4.78, 5) is 9.07. The number of rotatable bonds is 2. The van der Waals surface area contributed by atoms with Crippen molar-refractivity contribution in [2.75, 3.05) is 18.9 Å². The van der Waals surface area contributed by atoms with E-state index in [0.717, 1.165) is 27.8 Å². The van der Waals surface area contributed by atoms with Crippen LogP contribution in [0.15, 0.2) is 40.5 Å². The summed E-state index contributed by atoms with van der Waals surface area (Å²) < 4.78 is 11.2. The minimum absolute atomic E-state index is 0.465. The van der Waals surface area contributed by atoms with Gasteiger partial charge in [-0.25, -0.2) is 9.97 Å². The van der Waals surface area contributed by atoms with Gasteiger partial charge in [0.15, 0.2) is 11.5 Å². The molecular weight excluding hydrogens is 262 g/mol. The van der Waals surface area contributed by atoms with Crippen molar-refractivity contribution in [3.63, 3.8) is 0 Å². The zero-order valence-electron chi connectivity index (χ0n) is 10.2. The molecule has 19 heavy (non-hydrogen) atoms. The number of hydrogen-bond acceptors (Lipinski definition) is 6. The van der Waals surface area contributed by atoms with Gasteiger partial charge in [0.2, 0.25) is 0 Å². The molecule has 0 atom stereocenters. The quantitative estimate of drug-likeness (QED) is 0.848. The average Bonchev–Trinajstić information content (AvgIpc) is 2.63. The minimum Gasteiger partial charge on any atom is -0.490 e. The van der Waals surface area contributed by atoms with Crippen LogP contribution < -0.4 is 15.2 Å². The van der Waals surface area contributed by atoms with Crippen molar-refractivity contribution >= 4 is 17.6 Å². The second kappa shape index (κ2) is 5.36. The third-order valence-corrected chi connectivity index (χ3v) is 3.53. The largest absolute Gasteiger partial charge is 0.490 e. The van der Waals surface area contributed by atoms with E-state index in [2.05, 4.69) is 9.97 Å². The van der Waals surface area contributed by atoms with E-state index in [9.17, 15) is 0 Å². The summed E-state index contributed by atoms with van der Waals surface area (Å²) in [7, 11) is 0.